The van der Waals surface area contributed by atoms with Crippen LogP contribution >= 0.6 is 0 Å². The lowest BCUT2D eigenvalue weighted by Crippen LogP contribution is -2.23. The summed E-state index contributed by atoms with van der Waals surface area (Å²) in [6, 6.07) is 3.61. The third-order valence-corrected chi connectivity index (χ3v) is 3.77. The molecule has 0 radical (unpaired) electrons. The van der Waals surface area contributed by atoms with Gasteiger partial charge in [0.25, 0.3) is 0 Å². The van der Waals surface area contributed by atoms with Gasteiger partial charge in [0, 0.05) is 12.1 Å². The van der Waals surface area contributed by atoms with Gasteiger partial charge in [-0.1, -0.05) is 0 Å². The van der Waals surface area contributed by atoms with Crippen LogP contribution in [0.15, 0.2) is 12.1 Å². The van der Waals surface area contributed by atoms with Gasteiger partial charge in [0.2, 0.25) is 0 Å². The first-order chi connectivity index (χ1) is 9.64. The Kier molecular flexibility index (Phi) is 2.81. The Morgan fingerprint density at radius 3 is 2.40 bits per heavy atom. The number of aromatic nitrogens is 2. The van der Waals surface area contributed by atoms with Gasteiger partial charge in [0.05, 0.1) is 32.4 Å². The molecule has 6 nitrogen and oxygen atoms in total. The second kappa shape index (κ2) is 4.40. The molecule has 0 spiro atoms. The van der Waals surface area contributed by atoms with Crippen molar-refractivity contribution in [2.24, 2.45) is 0 Å². The van der Waals surface area contributed by atoms with E-state index >= 15 is 0 Å². The number of hydrogen-bond donors (Lipinski definition) is 1. The molecule has 1 fully saturated rings. The minimum atomic E-state index is -0.603. The summed E-state index contributed by atoms with van der Waals surface area (Å²) in [4.78, 5) is 19.6. The van der Waals surface area contributed by atoms with Crippen LogP contribution < -0.4 is 9.47 Å². The van der Waals surface area contributed by atoms with Crippen LogP contribution in [0, 0.1) is 0 Å². The van der Waals surface area contributed by atoms with Crippen LogP contribution in [0.4, 0.5) is 0 Å². The van der Waals surface area contributed by atoms with Crippen LogP contribution in [-0.4, -0.2) is 37.3 Å². The zero-order valence-electron chi connectivity index (χ0n) is 11.6. The number of fused-ring (bicyclic) bond motifs is 1. The van der Waals surface area contributed by atoms with E-state index in [0.717, 1.165) is 23.9 Å². The maximum absolute atomic E-state index is 11.9. The molecule has 1 N–H and O–H groups in total. The lowest BCUT2D eigenvalue weighted by molar-refractivity contribution is -0.143. The Labute approximate surface area is 116 Å². The zero-order valence-corrected chi connectivity index (χ0v) is 11.6. The maximum Gasteiger partial charge on any atom is 0.319 e. The molecule has 1 aromatic heterocycles. The van der Waals surface area contributed by atoms with Crippen molar-refractivity contribution in [3.05, 3.63) is 18.0 Å². The van der Waals surface area contributed by atoms with E-state index in [9.17, 15) is 4.79 Å². The summed E-state index contributed by atoms with van der Waals surface area (Å²) < 4.78 is 15.4. The first-order valence-corrected chi connectivity index (χ1v) is 6.35. The van der Waals surface area contributed by atoms with Crippen molar-refractivity contribution >= 4 is 17.0 Å². The molecule has 1 heterocycles. The van der Waals surface area contributed by atoms with Crippen LogP contribution in [0.25, 0.3) is 11.0 Å². The summed E-state index contributed by atoms with van der Waals surface area (Å²) >= 11 is 0. The molecule has 6 heteroatoms. The van der Waals surface area contributed by atoms with E-state index in [-0.39, 0.29) is 5.97 Å². The maximum atomic E-state index is 11.9. The summed E-state index contributed by atoms with van der Waals surface area (Å²) in [5, 5.41) is 0. The van der Waals surface area contributed by atoms with E-state index in [4.69, 9.17) is 14.2 Å². The molecule has 1 aromatic carbocycles. The molecule has 0 saturated heterocycles. The number of ether oxygens (including phenoxy) is 3. The molecule has 1 saturated carbocycles. The van der Waals surface area contributed by atoms with Crippen molar-refractivity contribution in [1.29, 1.82) is 0 Å². The normalized spacial score (nSPS) is 15.9. The number of hydrogen-bond acceptors (Lipinski definition) is 5. The number of rotatable bonds is 4. The highest BCUT2D eigenvalue weighted by atomic mass is 16.5. The number of nitrogens with one attached hydrogen (secondary N) is 1. The molecule has 3 rings (SSSR count). The fourth-order valence-electron chi connectivity index (χ4n) is 2.42. The lowest BCUT2D eigenvalue weighted by atomic mass is 10.1. The van der Waals surface area contributed by atoms with Crippen LogP contribution in [0.3, 0.4) is 0 Å². The molecule has 0 amide bonds. The summed E-state index contributed by atoms with van der Waals surface area (Å²) in [6.45, 7) is 0. The molecule has 0 aliphatic heterocycles. The Bertz CT molecular complexity index is 632. The first-order valence-electron chi connectivity index (χ1n) is 6.35. The molecule has 106 valence electrons. The van der Waals surface area contributed by atoms with Gasteiger partial charge >= 0.3 is 5.97 Å². The van der Waals surface area contributed by atoms with Crippen molar-refractivity contribution in [2.75, 3.05) is 21.3 Å². The first kappa shape index (κ1) is 12.8. The smallest absolute Gasteiger partial charge is 0.319 e. The largest absolute Gasteiger partial charge is 0.493 e. The van der Waals surface area contributed by atoms with Crippen molar-refractivity contribution in [3.8, 4) is 11.5 Å². The molecule has 2 aromatic rings. The van der Waals surface area contributed by atoms with Gasteiger partial charge in [-0.2, -0.15) is 0 Å². The predicted molar refractivity (Wildman–Crippen MR) is 72.1 cm³/mol. The van der Waals surface area contributed by atoms with Crippen LogP contribution in [0.2, 0.25) is 0 Å². The van der Waals surface area contributed by atoms with Crippen LogP contribution in [0.5, 0.6) is 11.5 Å². The molecule has 0 bridgehead atoms. The zero-order chi connectivity index (χ0) is 14.3. The number of carbonyl (C=O) groups is 1. The van der Waals surface area contributed by atoms with Crippen LogP contribution in [0.1, 0.15) is 18.7 Å². The predicted octanol–water partition coefficient (Wildman–Crippen LogP) is 1.78. The molecular formula is C14H16N2O4. The fraction of sp³-hybridized carbons (Fsp3) is 0.429. The number of H-pyrrole nitrogens is 1. The van der Waals surface area contributed by atoms with E-state index in [1.165, 1.54) is 7.11 Å². The van der Waals surface area contributed by atoms with Crippen molar-refractivity contribution < 1.29 is 19.0 Å². The molecule has 0 unspecified atom stereocenters. The van der Waals surface area contributed by atoms with Gasteiger partial charge in [-0.15, -0.1) is 0 Å². The van der Waals surface area contributed by atoms with Gasteiger partial charge in [-0.05, 0) is 12.8 Å². The Balaban J connectivity index is 2.09. The fourth-order valence-corrected chi connectivity index (χ4v) is 2.42. The number of carbonyl (C=O) groups excluding carboxylic acids is 1. The number of nitrogens with zero attached hydrogens (tertiary/aromatic N) is 1. The van der Waals surface area contributed by atoms with E-state index < -0.39 is 5.41 Å². The molecule has 0 atom stereocenters. The summed E-state index contributed by atoms with van der Waals surface area (Å²) in [6.07, 6.45) is 1.52. The number of aromatic amines is 1. The average molecular weight is 276 g/mol. The summed E-state index contributed by atoms with van der Waals surface area (Å²) in [7, 11) is 4.56. The summed E-state index contributed by atoms with van der Waals surface area (Å²) in [5.74, 6) is 1.64. The third kappa shape index (κ3) is 1.71. The van der Waals surface area contributed by atoms with Gasteiger partial charge in [0.15, 0.2) is 11.5 Å². The van der Waals surface area contributed by atoms with Gasteiger partial charge in [-0.25, -0.2) is 4.98 Å². The number of imidazole rings is 1. The van der Waals surface area contributed by atoms with Crippen LogP contribution in [-0.2, 0) is 14.9 Å². The monoisotopic (exact) mass is 276 g/mol. The highest BCUT2D eigenvalue weighted by molar-refractivity contribution is 5.88. The van der Waals surface area contributed by atoms with E-state index in [1.807, 2.05) is 6.07 Å². The highest BCUT2D eigenvalue weighted by Crippen LogP contribution is 2.48. The Hall–Kier alpha value is -2.24. The topological polar surface area (TPSA) is 73.4 Å². The van der Waals surface area contributed by atoms with E-state index in [1.54, 1.807) is 20.3 Å². The molecule has 1 aliphatic rings. The summed E-state index contributed by atoms with van der Waals surface area (Å²) in [5.41, 5.74) is 0.953. The number of benzene rings is 1. The molecular weight excluding hydrogens is 260 g/mol. The lowest BCUT2D eigenvalue weighted by Gasteiger charge is -2.08. The van der Waals surface area contributed by atoms with Crippen molar-refractivity contribution in [3.63, 3.8) is 0 Å². The van der Waals surface area contributed by atoms with Crippen molar-refractivity contribution in [2.45, 2.75) is 18.3 Å². The van der Waals surface area contributed by atoms with Gasteiger partial charge < -0.3 is 19.2 Å². The third-order valence-electron chi connectivity index (χ3n) is 3.77. The average Bonchev–Trinajstić information content (AvgIpc) is 3.19. The standard InChI is InChI=1S/C14H16N2O4/c1-18-10-6-8-9(7-11(10)19-2)16-12(15-8)14(4-5-14)13(17)20-3/h6-7H,4-5H2,1-3H3,(H,15,16). The Morgan fingerprint density at radius 1 is 1.20 bits per heavy atom. The Morgan fingerprint density at radius 2 is 1.85 bits per heavy atom. The van der Waals surface area contributed by atoms with Crippen molar-refractivity contribution in [1.82, 2.24) is 9.97 Å². The highest BCUT2D eigenvalue weighted by Gasteiger charge is 2.55. The number of methoxy groups -OCH3 is 3. The van der Waals surface area contributed by atoms with E-state index in [0.29, 0.717) is 17.3 Å². The number of esters is 1. The minimum absolute atomic E-state index is 0.240. The second-order valence-corrected chi connectivity index (χ2v) is 4.88. The SMILES string of the molecule is COC(=O)C1(c2nc3cc(OC)c(OC)cc3[nH]2)CC1. The van der Waals surface area contributed by atoms with Gasteiger partial charge in [-0.3, -0.25) is 4.79 Å². The molecule has 1 aliphatic carbocycles. The minimum Gasteiger partial charge on any atom is -0.493 e. The van der Waals surface area contributed by atoms with Gasteiger partial charge in [0.1, 0.15) is 11.2 Å². The van der Waals surface area contributed by atoms with E-state index in [2.05, 4.69) is 9.97 Å². The second-order valence-electron chi connectivity index (χ2n) is 4.88. The quantitative estimate of drug-likeness (QED) is 0.862. The molecule has 20 heavy (non-hydrogen) atoms.